The summed E-state index contributed by atoms with van der Waals surface area (Å²) >= 11 is 0. The van der Waals surface area contributed by atoms with Gasteiger partial charge in [0.05, 0.1) is 0 Å². The summed E-state index contributed by atoms with van der Waals surface area (Å²) in [6.45, 7) is 1.37. The van der Waals surface area contributed by atoms with Gasteiger partial charge in [0.15, 0.2) is 0 Å². The quantitative estimate of drug-likeness (QED) is 0.383. The third-order valence-electron chi connectivity index (χ3n) is 6.69. The maximum atomic E-state index is 13.2. The largest absolute Gasteiger partial charge is 0.430 e. The third-order valence-corrected chi connectivity index (χ3v) is 6.69. The van der Waals surface area contributed by atoms with Gasteiger partial charge in [-0.2, -0.15) is 26.3 Å². The summed E-state index contributed by atoms with van der Waals surface area (Å²) in [7, 11) is 0. The van der Waals surface area contributed by atoms with Crippen LogP contribution in [0.15, 0.2) is 42.5 Å². The molecule has 0 spiro atoms. The summed E-state index contributed by atoms with van der Waals surface area (Å²) in [6.07, 6.45) is -3.31. The number of halogens is 6. The lowest BCUT2D eigenvalue weighted by molar-refractivity contribution is -0.376. The van der Waals surface area contributed by atoms with Crippen molar-refractivity contribution in [3.63, 3.8) is 0 Å². The zero-order valence-corrected chi connectivity index (χ0v) is 19.4. The Labute approximate surface area is 200 Å². The summed E-state index contributed by atoms with van der Waals surface area (Å²) in [5.41, 5.74) is -4.62. The average Bonchev–Trinajstić information content (AvgIpc) is 2.78. The van der Waals surface area contributed by atoms with Gasteiger partial charge in [-0.25, -0.2) is 0 Å². The maximum Gasteiger partial charge on any atom is 0.430 e. The van der Waals surface area contributed by atoms with Crippen LogP contribution in [0.1, 0.15) is 62.5 Å². The predicted octanol–water partition coefficient (Wildman–Crippen LogP) is 7.66. The number of aryl methyl sites for hydroxylation is 1. The highest BCUT2D eigenvalue weighted by atomic mass is 19.4. The number of rotatable bonds is 7. The van der Waals surface area contributed by atoms with Crippen LogP contribution in [-0.4, -0.2) is 23.4 Å². The second-order valence-corrected chi connectivity index (χ2v) is 9.26. The van der Waals surface area contributed by atoms with Crippen LogP contribution in [0.4, 0.5) is 32.0 Å². The van der Waals surface area contributed by atoms with E-state index in [4.69, 9.17) is 0 Å². The fraction of sp³-hybridized carbons (Fsp3) is 0.500. The molecule has 1 fully saturated rings. The number of carbonyl (C=O) groups is 1. The smallest absolute Gasteiger partial charge is 0.369 e. The van der Waals surface area contributed by atoms with Gasteiger partial charge in [0.1, 0.15) is 0 Å². The predicted molar refractivity (Wildman–Crippen MR) is 122 cm³/mol. The minimum absolute atomic E-state index is 0.104. The lowest BCUT2D eigenvalue weighted by atomic mass is 9.86. The van der Waals surface area contributed by atoms with E-state index in [1.54, 1.807) is 24.3 Å². The molecule has 0 aromatic heterocycles. The fourth-order valence-electron chi connectivity index (χ4n) is 4.68. The van der Waals surface area contributed by atoms with E-state index in [-0.39, 0.29) is 11.5 Å². The van der Waals surface area contributed by atoms with E-state index >= 15 is 0 Å². The maximum absolute atomic E-state index is 13.2. The molecular weight excluding hydrogens is 472 g/mol. The number of anilines is 1. The molecule has 9 heteroatoms. The summed E-state index contributed by atoms with van der Waals surface area (Å²) < 4.78 is 78.9. The van der Waals surface area contributed by atoms with Gasteiger partial charge in [0, 0.05) is 17.7 Å². The molecule has 0 saturated heterocycles. The van der Waals surface area contributed by atoms with Gasteiger partial charge in [-0.1, -0.05) is 62.4 Å². The first kappa shape index (κ1) is 27.0. The standard InChI is InChI=1S/C26H29F6NO2/c1-17-16-20(24(35,25(27,28)29)26(30,31)32)12-15-22(17)19-10-13-21(14-11-19)33-23(34)9-5-8-18-6-3-2-4-7-18/h10-16,18,35H,2-9H2,1H3,(H,33,34). The van der Waals surface area contributed by atoms with Gasteiger partial charge in [-0.15, -0.1) is 0 Å². The van der Waals surface area contributed by atoms with Crippen LogP contribution in [0.25, 0.3) is 11.1 Å². The number of benzene rings is 2. The van der Waals surface area contributed by atoms with Crippen molar-refractivity contribution in [2.24, 2.45) is 5.92 Å². The second-order valence-electron chi connectivity index (χ2n) is 9.26. The van der Waals surface area contributed by atoms with Crippen LogP contribution in [-0.2, 0) is 10.4 Å². The fourth-order valence-corrected chi connectivity index (χ4v) is 4.68. The van der Waals surface area contributed by atoms with E-state index in [2.05, 4.69) is 5.32 Å². The minimum atomic E-state index is -5.94. The molecule has 0 radical (unpaired) electrons. The molecule has 1 amide bonds. The van der Waals surface area contributed by atoms with Crippen molar-refractivity contribution in [1.29, 1.82) is 0 Å². The van der Waals surface area contributed by atoms with Gasteiger partial charge in [-0.3, -0.25) is 4.79 Å². The number of amides is 1. The van der Waals surface area contributed by atoms with Crippen LogP contribution in [0, 0.1) is 12.8 Å². The molecule has 35 heavy (non-hydrogen) atoms. The number of carbonyl (C=O) groups excluding carboxylic acids is 1. The van der Waals surface area contributed by atoms with Crippen LogP contribution in [0.5, 0.6) is 0 Å². The highest BCUT2D eigenvalue weighted by molar-refractivity contribution is 5.91. The molecule has 3 nitrogen and oxygen atoms in total. The number of hydrogen-bond donors (Lipinski definition) is 2. The molecule has 3 rings (SSSR count). The van der Waals surface area contributed by atoms with Crippen molar-refractivity contribution in [3.05, 3.63) is 53.6 Å². The molecule has 192 valence electrons. The Morgan fingerprint density at radius 1 is 0.943 bits per heavy atom. The third kappa shape index (κ3) is 6.18. The van der Waals surface area contributed by atoms with E-state index in [0.717, 1.165) is 18.9 Å². The molecule has 0 aliphatic heterocycles. The van der Waals surface area contributed by atoms with Crippen LogP contribution in [0.3, 0.4) is 0 Å². The second kappa shape index (κ2) is 10.6. The van der Waals surface area contributed by atoms with Crippen molar-refractivity contribution in [2.45, 2.75) is 76.2 Å². The molecule has 1 saturated carbocycles. The molecule has 0 bridgehead atoms. The first-order valence-corrected chi connectivity index (χ1v) is 11.7. The molecule has 1 aliphatic carbocycles. The summed E-state index contributed by atoms with van der Waals surface area (Å²) in [5.74, 6) is 0.599. The van der Waals surface area contributed by atoms with Crippen molar-refractivity contribution >= 4 is 11.6 Å². The zero-order valence-electron chi connectivity index (χ0n) is 19.4. The molecule has 2 aromatic rings. The van der Waals surface area contributed by atoms with Crippen LogP contribution in [0.2, 0.25) is 0 Å². The Morgan fingerprint density at radius 2 is 1.54 bits per heavy atom. The van der Waals surface area contributed by atoms with E-state index in [1.165, 1.54) is 39.0 Å². The summed E-state index contributed by atoms with van der Waals surface area (Å²) in [4.78, 5) is 12.2. The molecule has 0 atom stereocenters. The van der Waals surface area contributed by atoms with Gasteiger partial charge in [0.25, 0.3) is 5.60 Å². The van der Waals surface area contributed by atoms with Crippen molar-refractivity contribution in [2.75, 3.05) is 5.32 Å². The Hall–Kier alpha value is -2.55. The van der Waals surface area contributed by atoms with Gasteiger partial charge in [-0.05, 0) is 54.5 Å². The van der Waals surface area contributed by atoms with E-state index < -0.39 is 23.5 Å². The van der Waals surface area contributed by atoms with E-state index in [0.29, 0.717) is 41.3 Å². The monoisotopic (exact) mass is 501 g/mol. The Morgan fingerprint density at radius 3 is 2.09 bits per heavy atom. The summed E-state index contributed by atoms with van der Waals surface area (Å²) in [6, 6.07) is 8.95. The number of hydrogen-bond acceptors (Lipinski definition) is 2. The average molecular weight is 502 g/mol. The first-order valence-electron chi connectivity index (χ1n) is 11.7. The van der Waals surface area contributed by atoms with E-state index in [1.807, 2.05) is 0 Å². The summed E-state index contributed by atoms with van der Waals surface area (Å²) in [5, 5.41) is 12.4. The van der Waals surface area contributed by atoms with Crippen molar-refractivity contribution in [3.8, 4) is 11.1 Å². The first-order chi connectivity index (χ1) is 16.3. The molecule has 2 N–H and O–H groups in total. The zero-order chi connectivity index (χ0) is 25.9. The lowest BCUT2D eigenvalue weighted by Gasteiger charge is -2.33. The van der Waals surface area contributed by atoms with E-state index in [9.17, 15) is 36.2 Å². The molecule has 2 aromatic carbocycles. The van der Waals surface area contributed by atoms with Crippen LogP contribution < -0.4 is 5.32 Å². The molecule has 0 unspecified atom stereocenters. The highest BCUT2D eigenvalue weighted by Gasteiger charge is 2.71. The normalized spacial score (nSPS) is 15.8. The number of nitrogens with one attached hydrogen (secondary N) is 1. The molecule has 1 aliphatic rings. The number of aliphatic hydroxyl groups is 1. The Kier molecular flexibility index (Phi) is 8.19. The Balaban J connectivity index is 1.66. The van der Waals surface area contributed by atoms with Gasteiger partial charge >= 0.3 is 12.4 Å². The number of alkyl halides is 6. The SMILES string of the molecule is Cc1cc(C(O)(C(F)(F)F)C(F)(F)F)ccc1-c1ccc(NC(=O)CCCC2CCCCC2)cc1. The van der Waals surface area contributed by atoms with Crippen molar-refractivity contribution < 1.29 is 36.2 Å². The topological polar surface area (TPSA) is 49.3 Å². The molecular formula is C26H29F6NO2. The minimum Gasteiger partial charge on any atom is -0.369 e. The highest BCUT2D eigenvalue weighted by Crippen LogP contribution is 2.50. The van der Waals surface area contributed by atoms with Gasteiger partial charge < -0.3 is 10.4 Å². The molecule has 0 heterocycles. The van der Waals surface area contributed by atoms with Crippen molar-refractivity contribution in [1.82, 2.24) is 0 Å². The lowest BCUT2D eigenvalue weighted by Crippen LogP contribution is -2.53. The van der Waals surface area contributed by atoms with Crippen LogP contribution >= 0.6 is 0 Å². The van der Waals surface area contributed by atoms with Gasteiger partial charge in [0.2, 0.25) is 5.91 Å². The Bertz CT molecular complexity index is 994.